The first-order valence-corrected chi connectivity index (χ1v) is 11.0. The molecule has 0 aromatic heterocycles. The van der Waals surface area contributed by atoms with Crippen LogP contribution in [-0.2, 0) is 4.74 Å². The molecule has 2 saturated heterocycles. The molecule has 27 heavy (non-hydrogen) atoms. The second-order valence-corrected chi connectivity index (χ2v) is 9.80. The van der Waals surface area contributed by atoms with Crippen molar-refractivity contribution in [3.63, 3.8) is 0 Å². The number of morpholine rings is 1. The molecule has 4 nitrogen and oxygen atoms in total. The van der Waals surface area contributed by atoms with Crippen LogP contribution in [0.3, 0.4) is 0 Å². The molecule has 1 aromatic rings. The van der Waals surface area contributed by atoms with E-state index in [9.17, 15) is 4.79 Å². The first kappa shape index (κ1) is 16.4. The molecule has 1 amide bonds. The van der Waals surface area contributed by atoms with Gasteiger partial charge in [-0.2, -0.15) is 0 Å². The first-order valence-electron chi connectivity index (χ1n) is 11.0. The number of carbonyl (C=O) groups is 1. The average molecular weight is 367 g/mol. The third kappa shape index (κ3) is 2.79. The maximum atomic E-state index is 12.9. The fourth-order valence-corrected chi connectivity index (χ4v) is 7.04. The molecule has 5 fully saturated rings. The number of hydrogen-bond donors (Lipinski definition) is 1. The van der Waals surface area contributed by atoms with E-state index < -0.39 is 0 Å². The molecule has 0 spiro atoms. The molecule has 1 N–H and O–H groups in total. The van der Waals surface area contributed by atoms with Gasteiger partial charge in [-0.25, -0.2) is 0 Å². The maximum Gasteiger partial charge on any atom is 0.251 e. The molecule has 6 rings (SSSR count). The molecule has 5 aliphatic rings. The molecule has 7 atom stereocenters. The Balaban J connectivity index is 1.14. The molecule has 2 aliphatic heterocycles. The van der Waals surface area contributed by atoms with Crippen molar-refractivity contribution in [1.29, 1.82) is 0 Å². The van der Waals surface area contributed by atoms with Crippen LogP contribution in [0, 0.1) is 23.7 Å². The van der Waals surface area contributed by atoms with E-state index in [4.69, 9.17) is 4.74 Å². The minimum Gasteiger partial charge on any atom is -0.374 e. The summed E-state index contributed by atoms with van der Waals surface area (Å²) >= 11 is 0. The second-order valence-electron chi connectivity index (χ2n) is 9.80. The van der Waals surface area contributed by atoms with Gasteiger partial charge in [0, 0.05) is 23.8 Å². The molecule has 4 heteroatoms. The quantitative estimate of drug-likeness (QED) is 0.889. The fourth-order valence-electron chi connectivity index (χ4n) is 7.04. The minimum atomic E-state index is 0.124. The summed E-state index contributed by atoms with van der Waals surface area (Å²) in [6, 6.07) is 9.18. The number of fused-ring (bicyclic) bond motifs is 4. The largest absolute Gasteiger partial charge is 0.374 e. The number of anilines is 1. The third-order valence-corrected chi connectivity index (χ3v) is 8.23. The highest BCUT2D eigenvalue weighted by molar-refractivity contribution is 5.94. The van der Waals surface area contributed by atoms with Gasteiger partial charge in [0.15, 0.2) is 0 Å². The van der Waals surface area contributed by atoms with Gasteiger partial charge in [-0.3, -0.25) is 4.79 Å². The van der Waals surface area contributed by atoms with Crippen LogP contribution in [0.4, 0.5) is 5.69 Å². The van der Waals surface area contributed by atoms with Crippen LogP contribution in [0.2, 0.25) is 0 Å². The summed E-state index contributed by atoms with van der Waals surface area (Å²) < 4.78 is 5.70. The average Bonchev–Trinajstić information content (AvgIpc) is 3.37. The second kappa shape index (κ2) is 6.23. The molecule has 1 aromatic carbocycles. The molecule has 144 valence electrons. The normalized spacial score (nSPS) is 41.8. The van der Waals surface area contributed by atoms with Crippen LogP contribution >= 0.6 is 0 Å². The number of rotatable bonds is 3. The Morgan fingerprint density at radius 1 is 1.00 bits per heavy atom. The van der Waals surface area contributed by atoms with Gasteiger partial charge in [-0.15, -0.1) is 0 Å². The molecular weight excluding hydrogens is 336 g/mol. The molecular formula is C23H30N2O2. The number of ether oxygens (including phenoxy) is 1. The number of carbonyl (C=O) groups excluding carboxylic acids is 1. The lowest BCUT2D eigenvalue weighted by Crippen LogP contribution is -2.41. The summed E-state index contributed by atoms with van der Waals surface area (Å²) in [4.78, 5) is 15.4. The predicted octanol–water partition coefficient (Wildman–Crippen LogP) is 3.61. The lowest BCUT2D eigenvalue weighted by Gasteiger charge is -2.29. The van der Waals surface area contributed by atoms with Crippen LogP contribution in [0.25, 0.3) is 0 Å². The highest BCUT2D eigenvalue weighted by atomic mass is 16.5. The van der Waals surface area contributed by atoms with Gasteiger partial charge in [0.1, 0.15) is 0 Å². The van der Waals surface area contributed by atoms with Crippen LogP contribution in [-0.4, -0.2) is 37.2 Å². The molecule has 0 radical (unpaired) electrons. The fraction of sp³-hybridized carbons (Fsp3) is 0.696. The Morgan fingerprint density at radius 3 is 2.63 bits per heavy atom. The molecule has 3 saturated carbocycles. The number of nitrogens with one attached hydrogen (secondary N) is 1. The van der Waals surface area contributed by atoms with E-state index in [1.54, 1.807) is 0 Å². The van der Waals surface area contributed by atoms with Crippen molar-refractivity contribution in [2.24, 2.45) is 23.7 Å². The van der Waals surface area contributed by atoms with E-state index in [-0.39, 0.29) is 5.91 Å². The molecule has 5 bridgehead atoms. The van der Waals surface area contributed by atoms with Gasteiger partial charge >= 0.3 is 0 Å². The van der Waals surface area contributed by atoms with Gasteiger partial charge in [0.05, 0.1) is 18.8 Å². The highest BCUT2D eigenvalue weighted by Crippen LogP contribution is 2.53. The van der Waals surface area contributed by atoms with E-state index in [0.29, 0.717) is 18.2 Å². The van der Waals surface area contributed by atoms with Gasteiger partial charge in [0.25, 0.3) is 5.91 Å². The van der Waals surface area contributed by atoms with Crippen LogP contribution in [0.15, 0.2) is 24.3 Å². The van der Waals surface area contributed by atoms with E-state index in [0.717, 1.165) is 48.8 Å². The highest BCUT2D eigenvalue weighted by Gasteiger charge is 2.46. The Hall–Kier alpha value is -1.55. The summed E-state index contributed by atoms with van der Waals surface area (Å²) in [6.45, 7) is 1.84. The Morgan fingerprint density at radius 2 is 1.85 bits per heavy atom. The lowest BCUT2D eigenvalue weighted by atomic mass is 9.80. The number of amides is 1. The van der Waals surface area contributed by atoms with Crippen LogP contribution in [0.1, 0.15) is 55.3 Å². The molecule has 2 heterocycles. The van der Waals surface area contributed by atoms with Crippen molar-refractivity contribution in [2.75, 3.05) is 18.1 Å². The standard InChI is InChI=1S/C23H30N2O2/c26-23(24-22-6-1-14-7-15-9-17(8-14)21(22)10-15)16-2-4-18(5-3-16)25-12-20-11-19(25)13-27-20/h2-5,14-15,17,19-22H,1,6-13H2,(H,24,26). The van der Waals surface area contributed by atoms with Crippen molar-refractivity contribution < 1.29 is 9.53 Å². The zero-order valence-electron chi connectivity index (χ0n) is 16.0. The summed E-state index contributed by atoms with van der Waals surface area (Å²) in [7, 11) is 0. The summed E-state index contributed by atoms with van der Waals surface area (Å²) in [5.41, 5.74) is 2.04. The maximum absolute atomic E-state index is 12.9. The van der Waals surface area contributed by atoms with E-state index in [2.05, 4.69) is 22.3 Å². The Kier molecular flexibility index (Phi) is 3.79. The van der Waals surface area contributed by atoms with Crippen molar-refractivity contribution >= 4 is 11.6 Å². The topological polar surface area (TPSA) is 41.6 Å². The predicted molar refractivity (Wildman–Crippen MR) is 105 cm³/mol. The van der Waals surface area contributed by atoms with Crippen LogP contribution in [0.5, 0.6) is 0 Å². The molecule has 7 unspecified atom stereocenters. The van der Waals surface area contributed by atoms with Crippen LogP contribution < -0.4 is 10.2 Å². The SMILES string of the molecule is O=C(NC1CCC2CC3CC(C2)C1C3)c1ccc(N2CC3CC2CO3)cc1. The smallest absolute Gasteiger partial charge is 0.251 e. The van der Waals surface area contributed by atoms with Gasteiger partial charge in [0.2, 0.25) is 0 Å². The van der Waals surface area contributed by atoms with Gasteiger partial charge in [-0.1, -0.05) is 0 Å². The lowest BCUT2D eigenvalue weighted by molar-refractivity contribution is 0.0912. The summed E-state index contributed by atoms with van der Waals surface area (Å²) in [5.74, 6) is 3.60. The zero-order valence-corrected chi connectivity index (χ0v) is 16.0. The van der Waals surface area contributed by atoms with Gasteiger partial charge < -0.3 is 15.0 Å². The van der Waals surface area contributed by atoms with Crippen molar-refractivity contribution in [2.45, 2.75) is 63.1 Å². The monoisotopic (exact) mass is 366 g/mol. The van der Waals surface area contributed by atoms with E-state index in [1.807, 2.05) is 12.1 Å². The number of benzene rings is 1. The zero-order chi connectivity index (χ0) is 18.0. The van der Waals surface area contributed by atoms with Crippen molar-refractivity contribution in [3.05, 3.63) is 29.8 Å². The third-order valence-electron chi connectivity index (χ3n) is 8.23. The summed E-state index contributed by atoms with van der Waals surface area (Å²) in [5, 5.41) is 3.43. The van der Waals surface area contributed by atoms with Crippen molar-refractivity contribution in [3.8, 4) is 0 Å². The number of hydrogen-bond acceptors (Lipinski definition) is 3. The van der Waals surface area contributed by atoms with Crippen molar-refractivity contribution in [1.82, 2.24) is 5.32 Å². The Bertz CT molecular complexity index is 732. The number of nitrogens with zero attached hydrogens (tertiary/aromatic N) is 1. The van der Waals surface area contributed by atoms with E-state index >= 15 is 0 Å². The Labute approximate surface area is 161 Å². The molecule has 3 aliphatic carbocycles. The van der Waals surface area contributed by atoms with E-state index in [1.165, 1.54) is 44.2 Å². The first-order chi connectivity index (χ1) is 13.2. The minimum absolute atomic E-state index is 0.124. The summed E-state index contributed by atoms with van der Waals surface area (Å²) in [6.07, 6.45) is 9.69. The van der Waals surface area contributed by atoms with Gasteiger partial charge in [-0.05, 0) is 92.9 Å².